The van der Waals surface area contributed by atoms with Crippen LogP contribution in [0, 0.1) is 0 Å². The highest BCUT2D eigenvalue weighted by Crippen LogP contribution is 2.57. The van der Waals surface area contributed by atoms with Gasteiger partial charge in [0.2, 0.25) is 0 Å². The van der Waals surface area contributed by atoms with Crippen molar-refractivity contribution >= 4 is 33.2 Å². The first-order chi connectivity index (χ1) is 31.8. The van der Waals surface area contributed by atoms with Crippen molar-refractivity contribution < 1.29 is 0 Å². The molecule has 0 atom stereocenters. The Morgan fingerprint density at radius 3 is 1.67 bits per heavy atom. The number of anilines is 2. The quantitative estimate of drug-likeness (QED) is 0.141. The molecule has 2 nitrogen and oxygen atoms in total. The molecule has 64 heavy (non-hydrogen) atoms. The number of aromatic nitrogens is 1. The van der Waals surface area contributed by atoms with Crippen molar-refractivity contribution in [2.24, 2.45) is 0 Å². The Bertz CT molecular complexity index is 3410. The van der Waals surface area contributed by atoms with E-state index in [9.17, 15) is 0 Å². The van der Waals surface area contributed by atoms with E-state index in [1.54, 1.807) is 0 Å². The van der Waals surface area contributed by atoms with Gasteiger partial charge in [-0.25, -0.2) is 0 Å². The predicted octanol–water partition coefficient (Wildman–Crippen LogP) is 15.8. The molecular weight excluding hydrogens is 773 g/mol. The van der Waals surface area contributed by atoms with Gasteiger partial charge in [0, 0.05) is 34.4 Å². The Kier molecular flexibility index (Phi) is 9.16. The lowest BCUT2D eigenvalue weighted by Gasteiger charge is -2.35. The zero-order valence-corrected chi connectivity index (χ0v) is 35.4. The van der Waals surface area contributed by atoms with Crippen LogP contribution >= 0.6 is 0 Å². The third-order valence-corrected chi connectivity index (χ3v) is 13.4. The molecule has 0 spiro atoms. The van der Waals surface area contributed by atoms with E-state index < -0.39 is 5.41 Å². The molecule has 302 valence electrons. The Morgan fingerprint density at radius 1 is 0.359 bits per heavy atom. The van der Waals surface area contributed by atoms with Crippen LogP contribution in [-0.2, 0) is 12.0 Å². The minimum absolute atomic E-state index is 0.502. The van der Waals surface area contributed by atoms with E-state index in [0.717, 1.165) is 17.1 Å². The maximum Gasteiger partial charge on any atom is 0.0714 e. The molecule has 1 aliphatic carbocycles. The maximum atomic E-state index is 2.51. The zero-order valence-electron chi connectivity index (χ0n) is 35.4. The van der Waals surface area contributed by atoms with Gasteiger partial charge in [0.15, 0.2) is 0 Å². The number of para-hydroxylation sites is 3. The summed E-state index contributed by atoms with van der Waals surface area (Å²) in [5.41, 5.74) is 19.1. The highest BCUT2D eigenvalue weighted by Gasteiger charge is 2.46. The van der Waals surface area contributed by atoms with Crippen LogP contribution in [0.15, 0.2) is 255 Å². The summed E-state index contributed by atoms with van der Waals surface area (Å²) in [4.78, 5) is 2.51. The molecule has 0 unspecified atom stereocenters. The van der Waals surface area contributed by atoms with Crippen LogP contribution in [0.2, 0.25) is 0 Å². The van der Waals surface area contributed by atoms with E-state index in [1.807, 2.05) is 0 Å². The van der Waals surface area contributed by atoms with Gasteiger partial charge < -0.3 is 9.47 Å². The second kappa shape index (κ2) is 15.6. The first-order valence-corrected chi connectivity index (χ1v) is 22.2. The smallest absolute Gasteiger partial charge is 0.0714 e. The van der Waals surface area contributed by atoms with Gasteiger partial charge in [-0.3, -0.25) is 0 Å². The number of rotatable bonds is 9. The molecule has 0 N–H and O–H groups in total. The summed E-state index contributed by atoms with van der Waals surface area (Å²) in [5.74, 6) is 0. The average Bonchev–Trinajstić information content (AvgIpc) is 3.87. The van der Waals surface area contributed by atoms with Gasteiger partial charge in [0.05, 0.1) is 16.4 Å². The number of nitrogens with zero attached hydrogens (tertiary/aromatic N) is 2. The summed E-state index contributed by atoms with van der Waals surface area (Å²) in [6.07, 6.45) is 0. The molecule has 11 aromatic rings. The van der Waals surface area contributed by atoms with E-state index in [4.69, 9.17) is 0 Å². The highest BCUT2D eigenvalue weighted by molar-refractivity contribution is 6.10. The molecule has 0 fully saturated rings. The van der Waals surface area contributed by atoms with E-state index >= 15 is 0 Å². The largest absolute Gasteiger partial charge is 0.337 e. The molecule has 0 saturated carbocycles. The molecule has 0 bridgehead atoms. The number of benzene rings is 10. The second-order valence-electron chi connectivity index (χ2n) is 16.8. The van der Waals surface area contributed by atoms with Gasteiger partial charge in [-0.05, 0) is 110 Å². The third kappa shape index (κ3) is 6.02. The summed E-state index contributed by atoms with van der Waals surface area (Å²) < 4.78 is 2.42. The second-order valence-corrected chi connectivity index (χ2v) is 16.8. The lowest BCUT2D eigenvalue weighted by atomic mass is 9.67. The zero-order chi connectivity index (χ0) is 42.5. The Balaban J connectivity index is 1.08. The molecular formula is C62H44N2. The van der Waals surface area contributed by atoms with Gasteiger partial charge >= 0.3 is 0 Å². The predicted molar refractivity (Wildman–Crippen MR) is 268 cm³/mol. The lowest BCUT2D eigenvalue weighted by molar-refractivity contribution is 0.767. The summed E-state index contributed by atoms with van der Waals surface area (Å²) in [6.45, 7) is 0.648. The topological polar surface area (TPSA) is 8.17 Å². The van der Waals surface area contributed by atoms with Crippen LogP contribution < -0.4 is 4.90 Å². The molecule has 0 aliphatic heterocycles. The van der Waals surface area contributed by atoms with E-state index in [1.165, 1.54) is 83.0 Å². The van der Waals surface area contributed by atoms with Crippen LogP contribution in [0.3, 0.4) is 0 Å². The molecule has 1 aromatic heterocycles. The van der Waals surface area contributed by atoms with Crippen LogP contribution in [0.4, 0.5) is 11.4 Å². The van der Waals surface area contributed by atoms with Crippen LogP contribution in [0.25, 0.3) is 60.9 Å². The van der Waals surface area contributed by atoms with Gasteiger partial charge in [-0.1, -0.05) is 206 Å². The fourth-order valence-electron chi connectivity index (χ4n) is 10.6. The molecule has 0 radical (unpaired) electrons. The Hall–Kier alpha value is -8.20. The van der Waals surface area contributed by atoms with Gasteiger partial charge in [-0.15, -0.1) is 0 Å². The van der Waals surface area contributed by atoms with Crippen molar-refractivity contribution in [1.29, 1.82) is 0 Å². The third-order valence-electron chi connectivity index (χ3n) is 13.4. The number of hydrogen-bond donors (Lipinski definition) is 0. The van der Waals surface area contributed by atoms with E-state index in [0.29, 0.717) is 6.54 Å². The summed E-state index contributed by atoms with van der Waals surface area (Å²) >= 11 is 0. The van der Waals surface area contributed by atoms with Crippen LogP contribution in [0.1, 0.15) is 27.8 Å². The van der Waals surface area contributed by atoms with E-state index in [2.05, 4.69) is 264 Å². The van der Waals surface area contributed by atoms with E-state index in [-0.39, 0.29) is 0 Å². The summed E-state index contributed by atoms with van der Waals surface area (Å²) in [5, 5.41) is 2.49. The van der Waals surface area contributed by atoms with Crippen LogP contribution in [0.5, 0.6) is 0 Å². The minimum atomic E-state index is -0.502. The summed E-state index contributed by atoms with van der Waals surface area (Å²) in [6, 6.07) is 93.6. The molecule has 2 heteroatoms. The van der Waals surface area contributed by atoms with Crippen LogP contribution in [-0.4, -0.2) is 4.57 Å². The van der Waals surface area contributed by atoms with Gasteiger partial charge in [0.1, 0.15) is 0 Å². The van der Waals surface area contributed by atoms with Crippen molar-refractivity contribution in [2.75, 3.05) is 4.90 Å². The molecule has 0 saturated heterocycles. The van der Waals surface area contributed by atoms with Gasteiger partial charge in [0.25, 0.3) is 0 Å². The molecule has 1 aliphatic rings. The van der Waals surface area contributed by atoms with Crippen molar-refractivity contribution in [1.82, 2.24) is 4.57 Å². The molecule has 12 rings (SSSR count). The van der Waals surface area contributed by atoms with Crippen molar-refractivity contribution in [2.45, 2.75) is 12.0 Å². The number of fused-ring (bicyclic) bond motifs is 6. The fraction of sp³-hybridized carbons (Fsp3) is 0.0323. The molecule has 10 aromatic carbocycles. The van der Waals surface area contributed by atoms with Gasteiger partial charge in [-0.2, -0.15) is 0 Å². The standard InChI is InChI=1S/C62H44N2/c1-6-21-44(22-7-1)52-34-20-23-46(61(52)45-37-39-56-55-33-17-19-36-59(55)64(60(56)41-45)50-30-14-5-15-31-50)43-63(49-28-12-4-13-29-49)51-38-40-54-53-32-16-18-35-57(53)62(58(54)42-51,47-24-8-2-9-25-47)48-26-10-3-11-27-48/h1-42H,43H2. The minimum Gasteiger partial charge on any atom is -0.337 e. The maximum absolute atomic E-state index is 2.51. The highest BCUT2D eigenvalue weighted by atomic mass is 15.1. The Morgan fingerprint density at radius 2 is 0.938 bits per heavy atom. The number of hydrogen-bond acceptors (Lipinski definition) is 1. The Labute approximate surface area is 374 Å². The fourth-order valence-corrected chi connectivity index (χ4v) is 10.6. The normalized spacial score (nSPS) is 12.6. The molecule has 1 heterocycles. The average molecular weight is 817 g/mol. The van der Waals surface area contributed by atoms with Crippen molar-refractivity contribution in [3.05, 3.63) is 283 Å². The molecule has 0 amide bonds. The van der Waals surface area contributed by atoms with Crippen molar-refractivity contribution in [3.8, 4) is 39.1 Å². The van der Waals surface area contributed by atoms with Crippen molar-refractivity contribution in [3.63, 3.8) is 0 Å². The lowest BCUT2D eigenvalue weighted by Crippen LogP contribution is -2.29. The first-order valence-electron chi connectivity index (χ1n) is 22.2. The monoisotopic (exact) mass is 816 g/mol. The summed E-state index contributed by atoms with van der Waals surface area (Å²) in [7, 11) is 0. The SMILES string of the molecule is c1ccc(-c2cccc(CN(c3ccccc3)c3ccc4c(c3)C(c3ccccc3)(c3ccccc3)c3ccccc3-4)c2-c2ccc3c4ccccc4n(-c4ccccc4)c3c2)cc1. The first kappa shape index (κ1) is 37.6.